The molecule has 0 saturated heterocycles. The van der Waals surface area contributed by atoms with Gasteiger partial charge in [0, 0.05) is 13.7 Å². The Morgan fingerprint density at radius 2 is 1.23 bits per heavy atom. The highest BCUT2D eigenvalue weighted by Gasteiger charge is 2.08. The van der Waals surface area contributed by atoms with Crippen molar-refractivity contribution in [1.82, 2.24) is 0 Å². The van der Waals surface area contributed by atoms with Gasteiger partial charge in [0.05, 0.1) is 59.5 Å². The molecule has 0 bridgehead atoms. The lowest BCUT2D eigenvalue weighted by Gasteiger charge is -2.16. The van der Waals surface area contributed by atoms with Crippen LogP contribution in [0.2, 0.25) is 0 Å². The second-order valence-electron chi connectivity index (χ2n) is 5.77. The first kappa shape index (κ1) is 23.0. The Labute approximate surface area is 157 Å². The van der Waals surface area contributed by atoms with Gasteiger partial charge < -0.3 is 28.4 Å². The maximum atomic E-state index is 5.67. The molecule has 0 aliphatic carbocycles. The van der Waals surface area contributed by atoms with Gasteiger partial charge in [0.15, 0.2) is 0 Å². The van der Waals surface area contributed by atoms with Gasteiger partial charge in [-0.3, -0.25) is 0 Å². The van der Waals surface area contributed by atoms with Crippen LogP contribution in [0.25, 0.3) is 0 Å². The third kappa shape index (κ3) is 13.2. The fourth-order valence-electron chi connectivity index (χ4n) is 2.09. The van der Waals surface area contributed by atoms with Gasteiger partial charge in [-0.25, -0.2) is 0 Å². The Balaban J connectivity index is 1.87. The van der Waals surface area contributed by atoms with Crippen molar-refractivity contribution in [3.63, 3.8) is 0 Å². The van der Waals surface area contributed by atoms with Crippen molar-refractivity contribution in [2.24, 2.45) is 0 Å². The molecular weight excluding hydrogens is 336 g/mol. The van der Waals surface area contributed by atoms with Gasteiger partial charge in [-0.2, -0.15) is 0 Å². The Morgan fingerprint density at radius 1 is 0.692 bits per heavy atom. The molecule has 0 aliphatic heterocycles. The molecule has 1 atom stereocenters. The highest BCUT2D eigenvalue weighted by molar-refractivity contribution is 5.13. The Hall–Kier alpha value is -1.02. The van der Waals surface area contributed by atoms with E-state index in [0.29, 0.717) is 59.5 Å². The number of methoxy groups -OCH3 is 1. The number of hydrogen-bond donors (Lipinski definition) is 0. The Morgan fingerprint density at radius 3 is 1.81 bits per heavy atom. The van der Waals surface area contributed by atoms with Crippen molar-refractivity contribution in [3.8, 4) is 0 Å². The molecule has 150 valence electrons. The molecule has 1 rings (SSSR count). The summed E-state index contributed by atoms with van der Waals surface area (Å²) < 4.78 is 32.8. The minimum atomic E-state index is -0.0785. The molecule has 1 aromatic rings. The van der Waals surface area contributed by atoms with E-state index in [1.807, 2.05) is 30.3 Å². The number of hydrogen-bond acceptors (Lipinski definition) is 6. The summed E-state index contributed by atoms with van der Waals surface area (Å²) in [6, 6.07) is 10.1. The maximum Gasteiger partial charge on any atom is 0.104 e. The van der Waals surface area contributed by atoms with E-state index in [0.717, 1.165) is 18.6 Å². The summed E-state index contributed by atoms with van der Waals surface area (Å²) in [7, 11) is 1.66. The van der Waals surface area contributed by atoms with E-state index in [1.165, 1.54) is 0 Å². The van der Waals surface area contributed by atoms with Gasteiger partial charge in [-0.1, -0.05) is 37.3 Å². The van der Waals surface area contributed by atoms with Crippen molar-refractivity contribution >= 4 is 0 Å². The zero-order chi connectivity index (χ0) is 18.7. The van der Waals surface area contributed by atoms with Crippen LogP contribution in [-0.4, -0.2) is 72.7 Å². The molecule has 0 aromatic heterocycles. The predicted molar refractivity (Wildman–Crippen MR) is 100 cm³/mol. The molecule has 1 aromatic carbocycles. The number of ether oxygens (including phenoxy) is 6. The summed E-state index contributed by atoms with van der Waals surface area (Å²) in [5.41, 5.74) is 1.15. The zero-order valence-corrected chi connectivity index (χ0v) is 16.2. The molecule has 1 unspecified atom stereocenters. The largest absolute Gasteiger partial charge is 0.379 e. The molecule has 0 fully saturated rings. The second kappa shape index (κ2) is 17.4. The van der Waals surface area contributed by atoms with Gasteiger partial charge in [0.1, 0.15) is 6.10 Å². The Bertz CT molecular complexity index is 401. The molecule has 0 radical (unpaired) electrons. The number of rotatable bonds is 18. The molecule has 0 saturated carbocycles. The van der Waals surface area contributed by atoms with Crippen molar-refractivity contribution in [1.29, 1.82) is 0 Å². The van der Waals surface area contributed by atoms with Crippen molar-refractivity contribution < 1.29 is 28.4 Å². The van der Waals surface area contributed by atoms with Gasteiger partial charge >= 0.3 is 0 Å². The molecule has 6 nitrogen and oxygen atoms in total. The van der Waals surface area contributed by atoms with Crippen LogP contribution < -0.4 is 0 Å². The normalized spacial score (nSPS) is 12.4. The van der Waals surface area contributed by atoms with Crippen molar-refractivity contribution in [3.05, 3.63) is 35.9 Å². The first-order valence-electron chi connectivity index (χ1n) is 9.32. The minimum absolute atomic E-state index is 0.0785. The molecule has 0 amide bonds. The van der Waals surface area contributed by atoms with E-state index >= 15 is 0 Å². The molecular formula is C20H34O6. The fourth-order valence-corrected chi connectivity index (χ4v) is 2.09. The van der Waals surface area contributed by atoms with Gasteiger partial charge in [-0.15, -0.1) is 0 Å². The minimum Gasteiger partial charge on any atom is -0.379 e. The van der Waals surface area contributed by atoms with E-state index < -0.39 is 0 Å². The van der Waals surface area contributed by atoms with E-state index in [-0.39, 0.29) is 6.10 Å². The summed E-state index contributed by atoms with van der Waals surface area (Å²) >= 11 is 0. The first-order valence-corrected chi connectivity index (χ1v) is 9.32. The van der Waals surface area contributed by atoms with E-state index in [4.69, 9.17) is 28.4 Å². The van der Waals surface area contributed by atoms with E-state index in [1.54, 1.807) is 7.11 Å². The summed E-state index contributed by atoms with van der Waals surface area (Å²) in [5, 5.41) is 0. The molecule has 0 heterocycles. The van der Waals surface area contributed by atoms with Crippen LogP contribution in [0, 0.1) is 0 Å². The summed E-state index contributed by atoms with van der Waals surface area (Å²) in [4.78, 5) is 0. The second-order valence-corrected chi connectivity index (χ2v) is 5.77. The lowest BCUT2D eigenvalue weighted by molar-refractivity contribution is -0.0566. The highest BCUT2D eigenvalue weighted by Crippen LogP contribution is 2.02. The standard InChI is InChI=1S/C20H34O6/c1-3-9-22-10-11-23-12-13-24-14-15-25-17-20(21-2)18-26-16-19-7-5-4-6-8-19/h4-8,20H,3,9-18H2,1-2H3. The van der Waals surface area contributed by atoms with E-state index in [9.17, 15) is 0 Å². The zero-order valence-electron chi connectivity index (χ0n) is 16.2. The average molecular weight is 370 g/mol. The van der Waals surface area contributed by atoms with Crippen LogP contribution in [0.15, 0.2) is 30.3 Å². The monoisotopic (exact) mass is 370 g/mol. The van der Waals surface area contributed by atoms with Gasteiger partial charge in [0.25, 0.3) is 0 Å². The lowest BCUT2D eigenvalue weighted by Crippen LogP contribution is -2.25. The van der Waals surface area contributed by atoms with Gasteiger partial charge in [0.2, 0.25) is 0 Å². The van der Waals surface area contributed by atoms with Crippen LogP contribution in [-0.2, 0) is 35.0 Å². The first-order chi connectivity index (χ1) is 12.9. The fraction of sp³-hybridized carbons (Fsp3) is 0.700. The highest BCUT2D eigenvalue weighted by atomic mass is 16.6. The quantitative estimate of drug-likeness (QED) is 0.370. The lowest BCUT2D eigenvalue weighted by atomic mass is 10.2. The Kier molecular flexibility index (Phi) is 15.4. The van der Waals surface area contributed by atoms with Crippen LogP contribution in [0.1, 0.15) is 18.9 Å². The molecule has 0 spiro atoms. The van der Waals surface area contributed by atoms with Crippen molar-refractivity contribution in [2.75, 3.05) is 66.6 Å². The molecule has 26 heavy (non-hydrogen) atoms. The van der Waals surface area contributed by atoms with Crippen molar-refractivity contribution in [2.45, 2.75) is 26.1 Å². The SMILES string of the molecule is CCCOCCOCCOCCOCC(COCc1ccccc1)OC. The summed E-state index contributed by atoms with van der Waals surface area (Å²) in [6.07, 6.45) is 0.955. The van der Waals surface area contributed by atoms with E-state index in [2.05, 4.69) is 6.92 Å². The smallest absolute Gasteiger partial charge is 0.104 e. The average Bonchev–Trinajstić information content (AvgIpc) is 2.68. The topological polar surface area (TPSA) is 55.4 Å². The molecule has 6 heteroatoms. The predicted octanol–water partition coefficient (Wildman–Crippen LogP) is 2.69. The maximum absolute atomic E-state index is 5.67. The third-order valence-electron chi connectivity index (χ3n) is 3.52. The van der Waals surface area contributed by atoms with Crippen LogP contribution in [0.4, 0.5) is 0 Å². The van der Waals surface area contributed by atoms with Crippen LogP contribution in [0.5, 0.6) is 0 Å². The van der Waals surface area contributed by atoms with Crippen LogP contribution >= 0.6 is 0 Å². The third-order valence-corrected chi connectivity index (χ3v) is 3.52. The number of benzene rings is 1. The summed E-state index contributed by atoms with van der Waals surface area (Å²) in [5.74, 6) is 0. The molecule has 0 N–H and O–H groups in total. The molecule has 0 aliphatic rings. The van der Waals surface area contributed by atoms with Crippen LogP contribution in [0.3, 0.4) is 0 Å². The summed E-state index contributed by atoms with van der Waals surface area (Å²) in [6.45, 7) is 7.89. The van der Waals surface area contributed by atoms with Gasteiger partial charge in [-0.05, 0) is 12.0 Å².